The summed E-state index contributed by atoms with van der Waals surface area (Å²) in [4.78, 5) is 2.58. The van der Waals surface area contributed by atoms with Crippen molar-refractivity contribution in [2.24, 2.45) is 0 Å². The van der Waals surface area contributed by atoms with Crippen LogP contribution in [0.2, 0.25) is 0 Å². The van der Waals surface area contributed by atoms with Gasteiger partial charge in [0.15, 0.2) is 0 Å². The van der Waals surface area contributed by atoms with Gasteiger partial charge in [0.2, 0.25) is 0 Å². The lowest BCUT2D eigenvalue weighted by molar-refractivity contribution is 0.445. The molecule has 2 aliphatic carbocycles. The number of hydrogen-bond acceptors (Lipinski definition) is 1. The van der Waals surface area contributed by atoms with Crippen LogP contribution in [-0.2, 0) is 5.41 Å². The molecule has 304 valence electrons. The molecule has 0 unspecified atom stereocenters. The molecule has 1 saturated carbocycles. The molecule has 12 rings (SSSR count). The summed E-state index contributed by atoms with van der Waals surface area (Å²) in [6.45, 7) is 4.76. The third-order valence-electron chi connectivity index (χ3n) is 14.4. The molecule has 2 heteroatoms. The lowest BCUT2D eigenvalue weighted by Crippen LogP contribution is -2.15. The molecule has 0 radical (unpaired) electrons. The van der Waals surface area contributed by atoms with Gasteiger partial charge in [-0.05, 0) is 111 Å². The van der Waals surface area contributed by atoms with E-state index in [9.17, 15) is 0 Å². The highest BCUT2D eigenvalue weighted by molar-refractivity contribution is 6.15. The maximum Gasteiger partial charge on any atom is 0.0782 e. The Hall–Kier alpha value is -7.16. The van der Waals surface area contributed by atoms with E-state index in [2.05, 4.69) is 224 Å². The van der Waals surface area contributed by atoms with Crippen molar-refractivity contribution >= 4 is 49.6 Å². The molecule has 1 aromatic heterocycles. The molecule has 0 spiro atoms. The first kappa shape index (κ1) is 37.6. The van der Waals surface area contributed by atoms with E-state index in [4.69, 9.17) is 0 Å². The van der Waals surface area contributed by atoms with E-state index < -0.39 is 0 Å². The first-order valence-electron chi connectivity index (χ1n) is 22.9. The molecule has 10 aromatic rings. The quantitative estimate of drug-likeness (QED) is 0.156. The molecule has 2 aliphatic rings. The Bertz CT molecular complexity index is 3360. The minimum absolute atomic E-state index is 0.115. The summed E-state index contributed by atoms with van der Waals surface area (Å²) in [5, 5.41) is 5.18. The van der Waals surface area contributed by atoms with Crippen LogP contribution in [0.1, 0.15) is 68.6 Å². The molecule has 0 atom stereocenters. The van der Waals surface area contributed by atoms with Crippen LogP contribution in [0.15, 0.2) is 200 Å². The van der Waals surface area contributed by atoms with Gasteiger partial charge < -0.3 is 9.47 Å². The fourth-order valence-corrected chi connectivity index (χ4v) is 11.4. The molecule has 9 aromatic carbocycles. The zero-order valence-corrected chi connectivity index (χ0v) is 36.1. The van der Waals surface area contributed by atoms with Crippen molar-refractivity contribution in [1.29, 1.82) is 0 Å². The van der Waals surface area contributed by atoms with Crippen molar-refractivity contribution in [2.75, 3.05) is 4.90 Å². The maximum absolute atomic E-state index is 2.58. The molecular formula is C61H50N2. The predicted octanol–water partition coefficient (Wildman–Crippen LogP) is 17.1. The van der Waals surface area contributed by atoms with E-state index in [0.29, 0.717) is 5.92 Å². The van der Waals surface area contributed by atoms with Crippen LogP contribution in [-0.4, -0.2) is 4.57 Å². The van der Waals surface area contributed by atoms with Crippen LogP contribution in [0.3, 0.4) is 0 Å². The average Bonchev–Trinajstić information content (AvgIpc) is 3.81. The number of hydrogen-bond donors (Lipinski definition) is 0. The number of benzene rings is 9. The number of anilines is 3. The zero-order valence-electron chi connectivity index (χ0n) is 36.1. The van der Waals surface area contributed by atoms with Crippen molar-refractivity contribution in [3.63, 3.8) is 0 Å². The minimum Gasteiger partial charge on any atom is -0.307 e. The van der Waals surface area contributed by atoms with E-state index >= 15 is 0 Å². The number of nitrogens with zero attached hydrogens (tertiary/aromatic N) is 2. The Morgan fingerprint density at radius 2 is 1.06 bits per heavy atom. The van der Waals surface area contributed by atoms with Crippen molar-refractivity contribution in [3.8, 4) is 39.1 Å². The molecular weight excluding hydrogens is 761 g/mol. The molecule has 0 aliphatic heterocycles. The SMILES string of the molecule is CC1(C)c2ccccc2-c2ccc(-c3ccccc3N(c3ccccc3-c3cccc4cccc(C5CCCCC5)c34)c3cccc4c5ccccc5n(-c5ccccc5)c34)cc21. The van der Waals surface area contributed by atoms with Gasteiger partial charge in [0.05, 0.1) is 28.1 Å². The molecule has 0 bridgehead atoms. The highest BCUT2D eigenvalue weighted by atomic mass is 15.2. The maximum atomic E-state index is 2.58. The summed E-state index contributed by atoms with van der Waals surface area (Å²) in [6, 6.07) is 75.0. The summed E-state index contributed by atoms with van der Waals surface area (Å²) >= 11 is 0. The van der Waals surface area contributed by atoms with E-state index in [0.717, 1.165) is 22.7 Å². The second kappa shape index (κ2) is 15.0. The number of aromatic nitrogens is 1. The average molecular weight is 811 g/mol. The third-order valence-corrected chi connectivity index (χ3v) is 14.4. The van der Waals surface area contributed by atoms with Gasteiger partial charge in [0, 0.05) is 33.0 Å². The van der Waals surface area contributed by atoms with Crippen LogP contribution in [0.25, 0.3) is 71.6 Å². The summed E-state index contributed by atoms with van der Waals surface area (Å²) in [6.07, 6.45) is 6.45. The monoisotopic (exact) mass is 810 g/mol. The van der Waals surface area contributed by atoms with Gasteiger partial charge in [-0.1, -0.05) is 191 Å². The highest BCUT2D eigenvalue weighted by Gasteiger charge is 2.36. The van der Waals surface area contributed by atoms with Crippen molar-refractivity contribution in [2.45, 2.75) is 57.3 Å². The Labute approximate surface area is 370 Å². The molecule has 63 heavy (non-hydrogen) atoms. The Kier molecular flexibility index (Phi) is 8.97. The van der Waals surface area contributed by atoms with Gasteiger partial charge in [-0.25, -0.2) is 0 Å². The van der Waals surface area contributed by atoms with Gasteiger partial charge in [0.1, 0.15) is 0 Å². The van der Waals surface area contributed by atoms with E-state index in [-0.39, 0.29) is 5.41 Å². The van der Waals surface area contributed by atoms with Gasteiger partial charge in [-0.3, -0.25) is 0 Å². The van der Waals surface area contributed by atoms with Crippen LogP contribution < -0.4 is 4.90 Å². The third kappa shape index (κ3) is 5.99. The van der Waals surface area contributed by atoms with Crippen LogP contribution in [0.4, 0.5) is 17.1 Å². The van der Waals surface area contributed by atoms with E-state index in [1.165, 1.54) is 115 Å². The standard InChI is InChI=1S/C61H50N2/c1-61(2)53-33-13-9-27-47(53)48-39-38-43(40-54(48)61)45-26-10-14-34-55(45)63(58-37-19-32-52-50-29-12-15-35-56(50)62(60(52)58)44-24-7-4-8-25-44)57-36-16-11-28-49(57)51-31-18-23-42-22-17-30-46(59(42)51)41-20-5-3-6-21-41/h4,7-19,22-41H,3,5-6,20-21H2,1-2H3. The van der Waals surface area contributed by atoms with Gasteiger partial charge in [-0.15, -0.1) is 0 Å². The van der Waals surface area contributed by atoms with Crippen LogP contribution in [0.5, 0.6) is 0 Å². The van der Waals surface area contributed by atoms with Gasteiger partial charge in [-0.2, -0.15) is 0 Å². The molecule has 1 heterocycles. The molecule has 0 amide bonds. The molecule has 1 fully saturated rings. The van der Waals surface area contributed by atoms with Crippen molar-refractivity contribution in [3.05, 3.63) is 217 Å². The van der Waals surface area contributed by atoms with E-state index in [1.54, 1.807) is 0 Å². The summed E-state index contributed by atoms with van der Waals surface area (Å²) in [7, 11) is 0. The lowest BCUT2D eigenvalue weighted by Gasteiger charge is -2.32. The number of fused-ring (bicyclic) bond motifs is 7. The zero-order chi connectivity index (χ0) is 42.1. The van der Waals surface area contributed by atoms with Crippen LogP contribution in [0, 0.1) is 0 Å². The first-order chi connectivity index (χ1) is 31.1. The largest absolute Gasteiger partial charge is 0.307 e. The summed E-state index contributed by atoms with van der Waals surface area (Å²) in [5.74, 6) is 0.568. The topological polar surface area (TPSA) is 8.17 Å². The number of para-hydroxylation sites is 5. The lowest BCUT2D eigenvalue weighted by atomic mass is 9.80. The van der Waals surface area contributed by atoms with Crippen molar-refractivity contribution in [1.82, 2.24) is 4.57 Å². The smallest absolute Gasteiger partial charge is 0.0782 e. The van der Waals surface area contributed by atoms with Crippen molar-refractivity contribution < 1.29 is 0 Å². The Morgan fingerprint density at radius 1 is 0.460 bits per heavy atom. The summed E-state index contributed by atoms with van der Waals surface area (Å²) < 4.78 is 2.48. The normalized spacial score (nSPS) is 14.6. The molecule has 0 N–H and O–H groups in total. The fraction of sp³-hybridized carbons (Fsp3) is 0.148. The first-order valence-corrected chi connectivity index (χ1v) is 22.9. The summed E-state index contributed by atoms with van der Waals surface area (Å²) in [5.41, 5.74) is 18.7. The van der Waals surface area contributed by atoms with Gasteiger partial charge >= 0.3 is 0 Å². The minimum atomic E-state index is -0.115. The predicted molar refractivity (Wildman–Crippen MR) is 267 cm³/mol. The second-order valence-electron chi connectivity index (χ2n) is 18.2. The molecule has 2 nitrogen and oxygen atoms in total. The Balaban J connectivity index is 1.16. The number of rotatable bonds is 7. The van der Waals surface area contributed by atoms with E-state index in [1.807, 2.05) is 0 Å². The fourth-order valence-electron chi connectivity index (χ4n) is 11.4. The second-order valence-corrected chi connectivity index (χ2v) is 18.2. The molecule has 0 saturated heterocycles. The Morgan fingerprint density at radius 3 is 1.89 bits per heavy atom. The van der Waals surface area contributed by atoms with Gasteiger partial charge in [0.25, 0.3) is 0 Å². The highest BCUT2D eigenvalue weighted by Crippen LogP contribution is 2.53. The van der Waals surface area contributed by atoms with Crippen LogP contribution >= 0.6 is 0 Å².